The van der Waals surface area contributed by atoms with E-state index >= 15 is 0 Å². The Hall–Kier alpha value is -2.30. The minimum absolute atomic E-state index is 0.0244. The van der Waals surface area contributed by atoms with Gasteiger partial charge < -0.3 is 0 Å². The van der Waals surface area contributed by atoms with E-state index in [2.05, 4.69) is 75.5 Å². The van der Waals surface area contributed by atoms with E-state index in [1.54, 1.807) is 11.3 Å². The Kier molecular flexibility index (Phi) is 10.7. The zero-order valence-electron chi connectivity index (χ0n) is 30.3. The van der Waals surface area contributed by atoms with Gasteiger partial charge in [-0.15, -0.1) is 34.0 Å². The molecule has 2 unspecified atom stereocenters. The van der Waals surface area contributed by atoms with Crippen LogP contribution in [0.5, 0.6) is 0 Å². The van der Waals surface area contributed by atoms with Crippen molar-refractivity contribution in [2.75, 3.05) is 23.0 Å². The molecular formula is C42H48N2O2S5. The minimum Gasteiger partial charge on any atom is -0.274 e. The van der Waals surface area contributed by atoms with Crippen molar-refractivity contribution in [3.05, 3.63) is 66.9 Å². The molecule has 7 aromatic heterocycles. The Balaban J connectivity index is 1.10. The molecule has 0 saturated carbocycles. The Bertz CT molecular complexity index is 2390. The lowest BCUT2D eigenvalue weighted by Gasteiger charge is -2.13. The molecule has 2 atom stereocenters. The summed E-state index contributed by atoms with van der Waals surface area (Å²) in [7, 11) is 0. The van der Waals surface area contributed by atoms with Crippen molar-refractivity contribution in [1.82, 2.24) is 8.80 Å². The van der Waals surface area contributed by atoms with Gasteiger partial charge in [0.25, 0.3) is 11.1 Å². The number of fused-ring (bicyclic) bond motifs is 8. The topological polar surface area (TPSA) is 43.0 Å². The van der Waals surface area contributed by atoms with Crippen LogP contribution < -0.4 is 11.1 Å². The summed E-state index contributed by atoms with van der Waals surface area (Å²) in [6.45, 7) is 9.21. The third-order valence-corrected chi connectivity index (χ3v) is 17.0. The largest absolute Gasteiger partial charge is 0.274 e. The molecule has 8 aromatic rings. The molecule has 51 heavy (non-hydrogen) atoms. The summed E-state index contributed by atoms with van der Waals surface area (Å²) in [4.78, 5) is 31.1. The van der Waals surface area contributed by atoms with Crippen LogP contribution in [0, 0.1) is 11.8 Å². The van der Waals surface area contributed by atoms with Gasteiger partial charge in [0.05, 0.1) is 40.9 Å². The molecule has 0 bridgehead atoms. The molecule has 0 saturated heterocycles. The van der Waals surface area contributed by atoms with Crippen LogP contribution in [0.15, 0.2) is 46.0 Å². The molecule has 0 fully saturated rings. The van der Waals surface area contributed by atoms with E-state index in [1.807, 2.05) is 43.6 Å². The van der Waals surface area contributed by atoms with Crippen molar-refractivity contribution in [3.8, 4) is 0 Å². The maximum atomic E-state index is 14.2. The predicted octanol–water partition coefficient (Wildman–Crippen LogP) is 12.7. The number of hydrogen-bond donors (Lipinski definition) is 0. The van der Waals surface area contributed by atoms with E-state index in [0.29, 0.717) is 10.8 Å². The first-order valence-corrected chi connectivity index (χ1v) is 23.8. The number of thioether (sulfide) groups is 2. The SMILES string of the molecule is CCCCC(CC)CSCCc1cc2c(cc3c4sc5c6c(ccc(c(=O)n23)c46)c(=O)n2c3cc(CCSCC(CC)CCCC)sc3cc52)s1. The Morgan fingerprint density at radius 3 is 1.47 bits per heavy atom. The molecule has 0 radical (unpaired) electrons. The predicted molar refractivity (Wildman–Crippen MR) is 233 cm³/mol. The summed E-state index contributed by atoms with van der Waals surface area (Å²) in [6, 6.07) is 12.8. The Labute approximate surface area is 320 Å². The number of aryl methyl sites for hydroxylation is 2. The summed E-state index contributed by atoms with van der Waals surface area (Å²) in [5.41, 5.74) is 4.05. The number of nitrogens with zero attached hydrogens (tertiary/aromatic N) is 2. The maximum Gasteiger partial charge on any atom is 0.263 e. The standard InChI is InChI=1S/C42H48N2O2S5/c1-5-9-11-25(7-3)23-47-17-15-27-19-31-35(49-27)21-33-39-37-29(41(45)43(31)33)13-14-30-38(37)40(51-39)34-22-36-32(44(34)42(30)46)20-28(50-36)16-18-48-24-26(8-4)12-10-6-2/h13-14,19-22,25-26H,5-12,15-18,23-24H2,1-4H3. The fraction of sp³-hybridized carbons (Fsp3) is 0.476. The second-order valence-corrected chi connectivity index (χ2v) is 20.1. The van der Waals surface area contributed by atoms with Gasteiger partial charge >= 0.3 is 0 Å². The fourth-order valence-electron chi connectivity index (χ4n) is 7.98. The lowest BCUT2D eigenvalue weighted by Crippen LogP contribution is -2.14. The van der Waals surface area contributed by atoms with E-state index in [9.17, 15) is 9.59 Å². The second-order valence-electron chi connectivity index (χ2n) is 14.4. The molecule has 0 N–H and O–H groups in total. The molecule has 0 aliphatic rings. The van der Waals surface area contributed by atoms with Gasteiger partial charge in [-0.1, -0.05) is 66.2 Å². The highest BCUT2D eigenvalue weighted by Crippen LogP contribution is 2.45. The summed E-state index contributed by atoms with van der Waals surface area (Å²) >= 11 is 9.58. The summed E-state index contributed by atoms with van der Waals surface area (Å²) in [5, 5.41) is 3.36. The van der Waals surface area contributed by atoms with Gasteiger partial charge in [-0.25, -0.2) is 0 Å². The van der Waals surface area contributed by atoms with E-state index in [4.69, 9.17) is 0 Å². The lowest BCUT2D eigenvalue weighted by molar-refractivity contribution is 0.499. The number of rotatable bonds is 18. The molecule has 4 nitrogen and oxygen atoms in total. The highest BCUT2D eigenvalue weighted by Gasteiger charge is 2.25. The first-order valence-electron chi connectivity index (χ1n) is 19.1. The van der Waals surface area contributed by atoms with Crippen molar-refractivity contribution in [2.45, 2.75) is 91.9 Å². The quantitative estimate of drug-likeness (QED) is 0.0643. The summed E-state index contributed by atoms with van der Waals surface area (Å²) in [5.74, 6) is 6.38. The average molecular weight is 773 g/mol. The van der Waals surface area contributed by atoms with Gasteiger partial charge in [0.1, 0.15) is 0 Å². The molecule has 0 aliphatic heterocycles. The normalized spacial score (nSPS) is 14.0. The van der Waals surface area contributed by atoms with E-state index < -0.39 is 0 Å². The van der Waals surface area contributed by atoms with Crippen LogP contribution in [0.4, 0.5) is 0 Å². The van der Waals surface area contributed by atoms with Gasteiger partial charge in [0.15, 0.2) is 0 Å². The van der Waals surface area contributed by atoms with Crippen LogP contribution in [0.25, 0.3) is 62.4 Å². The summed E-state index contributed by atoms with van der Waals surface area (Å²) in [6.07, 6.45) is 12.5. The fourth-order valence-corrected chi connectivity index (χ4v) is 14.3. The number of unbranched alkanes of at least 4 members (excludes halogenated alkanes) is 2. The minimum atomic E-state index is 0.0244. The number of hydrogen-bond acceptors (Lipinski definition) is 7. The van der Waals surface area contributed by atoms with E-state index in [-0.39, 0.29) is 11.1 Å². The van der Waals surface area contributed by atoms with Gasteiger partial charge in [-0.05, 0) is 96.9 Å². The van der Waals surface area contributed by atoms with Crippen molar-refractivity contribution < 1.29 is 0 Å². The van der Waals surface area contributed by atoms with E-state index in [0.717, 1.165) is 78.4 Å². The van der Waals surface area contributed by atoms with Crippen LogP contribution in [0.3, 0.4) is 0 Å². The van der Waals surface area contributed by atoms with Gasteiger partial charge in [-0.3, -0.25) is 18.4 Å². The average Bonchev–Trinajstić information content (AvgIpc) is 3.95. The van der Waals surface area contributed by atoms with Crippen LogP contribution in [-0.2, 0) is 12.8 Å². The number of pyridine rings is 2. The Morgan fingerprint density at radius 1 is 0.608 bits per heavy atom. The second kappa shape index (κ2) is 15.2. The van der Waals surface area contributed by atoms with Crippen LogP contribution >= 0.6 is 57.5 Å². The molecule has 0 spiro atoms. The van der Waals surface area contributed by atoms with Crippen LogP contribution in [0.1, 0.15) is 88.8 Å². The highest BCUT2D eigenvalue weighted by atomic mass is 32.2. The lowest BCUT2D eigenvalue weighted by atomic mass is 10.0. The number of benzene rings is 1. The van der Waals surface area contributed by atoms with E-state index in [1.165, 1.54) is 82.0 Å². The van der Waals surface area contributed by atoms with Crippen LogP contribution in [-0.4, -0.2) is 31.8 Å². The maximum absolute atomic E-state index is 14.2. The number of aromatic nitrogens is 2. The molecular weight excluding hydrogens is 725 g/mol. The van der Waals surface area contributed by atoms with Crippen molar-refractivity contribution in [3.63, 3.8) is 0 Å². The molecule has 0 amide bonds. The third kappa shape index (κ3) is 6.41. The molecule has 7 heterocycles. The van der Waals surface area contributed by atoms with Crippen molar-refractivity contribution in [2.24, 2.45) is 11.8 Å². The first kappa shape index (κ1) is 35.7. The smallest absolute Gasteiger partial charge is 0.263 e. The van der Waals surface area contributed by atoms with Crippen LogP contribution in [0.2, 0.25) is 0 Å². The molecule has 8 rings (SSSR count). The number of thiophene rings is 3. The molecule has 268 valence electrons. The third-order valence-electron chi connectivity index (χ3n) is 11.1. The summed E-state index contributed by atoms with van der Waals surface area (Å²) < 4.78 is 8.48. The van der Waals surface area contributed by atoms with Gasteiger partial charge in [0.2, 0.25) is 0 Å². The molecule has 1 aromatic carbocycles. The highest BCUT2D eigenvalue weighted by molar-refractivity contribution is 7.99. The zero-order chi connectivity index (χ0) is 35.2. The van der Waals surface area contributed by atoms with Gasteiger partial charge in [-0.2, -0.15) is 23.5 Å². The molecule has 9 heteroatoms. The van der Waals surface area contributed by atoms with Gasteiger partial charge in [0, 0.05) is 31.3 Å². The monoisotopic (exact) mass is 772 g/mol. The Morgan fingerprint density at radius 2 is 1.06 bits per heavy atom. The molecule has 0 aliphatic carbocycles. The first-order chi connectivity index (χ1) is 24.9. The van der Waals surface area contributed by atoms with Crippen molar-refractivity contribution in [1.29, 1.82) is 0 Å². The van der Waals surface area contributed by atoms with Crippen molar-refractivity contribution >= 4 is 120 Å². The zero-order valence-corrected chi connectivity index (χ0v) is 34.4.